The van der Waals surface area contributed by atoms with Crippen molar-refractivity contribution in [3.63, 3.8) is 0 Å². The SMILES string of the molecule is S=S1C=CCCC1. The van der Waals surface area contributed by atoms with Gasteiger partial charge in [-0.15, -0.1) is 0 Å². The monoisotopic (exact) mass is 132 g/mol. The molecule has 0 amide bonds. The average molecular weight is 132 g/mol. The van der Waals surface area contributed by atoms with E-state index in [0.29, 0.717) is 0 Å². The van der Waals surface area contributed by atoms with Crippen LogP contribution in [0.4, 0.5) is 0 Å². The fourth-order valence-corrected chi connectivity index (χ4v) is 2.11. The number of hydrogen-bond donors (Lipinski definition) is 0. The summed E-state index contributed by atoms with van der Waals surface area (Å²) in [5.74, 6) is 1.24. The molecule has 7 heavy (non-hydrogen) atoms. The van der Waals surface area contributed by atoms with Crippen molar-refractivity contribution in [2.24, 2.45) is 0 Å². The van der Waals surface area contributed by atoms with Gasteiger partial charge in [-0.05, 0) is 29.4 Å². The number of allylic oxidation sites excluding steroid dienone is 1. The molecule has 0 aromatic heterocycles. The second kappa shape index (κ2) is 2.58. The minimum Gasteiger partial charge on any atom is -0.0978 e. The molecule has 0 saturated carbocycles. The van der Waals surface area contributed by atoms with Crippen LogP contribution >= 0.6 is 0 Å². The highest BCUT2D eigenvalue weighted by Crippen LogP contribution is 2.02. The normalized spacial score (nSPS) is 30.6. The standard InChI is InChI=1S/C5H8S2/c6-7-4-2-1-3-5-7/h2,4H,1,3,5H2. The quantitative estimate of drug-likeness (QED) is 0.480. The molecular weight excluding hydrogens is 124 g/mol. The van der Waals surface area contributed by atoms with Gasteiger partial charge in [-0.3, -0.25) is 0 Å². The van der Waals surface area contributed by atoms with Gasteiger partial charge in [0.2, 0.25) is 0 Å². The van der Waals surface area contributed by atoms with E-state index in [1.165, 1.54) is 18.6 Å². The number of hydrogen-bond acceptors (Lipinski definition) is 1. The van der Waals surface area contributed by atoms with E-state index in [9.17, 15) is 0 Å². The van der Waals surface area contributed by atoms with Crippen LogP contribution in [0, 0.1) is 0 Å². The van der Waals surface area contributed by atoms with Crippen LogP contribution in [0.1, 0.15) is 12.8 Å². The summed E-state index contributed by atoms with van der Waals surface area (Å²) < 4.78 is 0. The molecule has 0 aromatic carbocycles. The van der Waals surface area contributed by atoms with Crippen molar-refractivity contribution >= 4 is 20.6 Å². The first-order valence-corrected chi connectivity index (χ1v) is 4.81. The Kier molecular flexibility index (Phi) is 2.00. The Morgan fingerprint density at radius 1 is 1.57 bits per heavy atom. The van der Waals surface area contributed by atoms with Gasteiger partial charge in [-0.25, -0.2) is 0 Å². The van der Waals surface area contributed by atoms with Gasteiger partial charge in [0.25, 0.3) is 0 Å². The van der Waals surface area contributed by atoms with Gasteiger partial charge in [0.15, 0.2) is 0 Å². The van der Waals surface area contributed by atoms with Crippen LogP contribution in [0.25, 0.3) is 0 Å². The largest absolute Gasteiger partial charge is 0.0978 e. The first kappa shape index (κ1) is 5.45. The van der Waals surface area contributed by atoms with Gasteiger partial charge in [0.05, 0.1) is 0 Å². The Balaban J connectivity index is 2.51. The molecular formula is C5H8S2. The molecule has 1 aliphatic rings. The lowest BCUT2D eigenvalue weighted by Gasteiger charge is -2.01. The van der Waals surface area contributed by atoms with Gasteiger partial charge in [0, 0.05) is 5.75 Å². The van der Waals surface area contributed by atoms with E-state index in [0.717, 1.165) is 0 Å². The lowest BCUT2D eigenvalue weighted by Crippen LogP contribution is -1.94. The molecule has 0 spiro atoms. The molecule has 0 aromatic rings. The minimum absolute atomic E-state index is 0.213. The summed E-state index contributed by atoms with van der Waals surface area (Å²) >= 11 is 5.03. The maximum Gasteiger partial charge on any atom is 0.00210 e. The topological polar surface area (TPSA) is 0 Å². The van der Waals surface area contributed by atoms with Gasteiger partial charge in [0.1, 0.15) is 0 Å². The lowest BCUT2D eigenvalue weighted by atomic mass is 10.3. The lowest BCUT2D eigenvalue weighted by molar-refractivity contribution is 0.964. The molecule has 0 saturated heterocycles. The molecule has 1 aliphatic heterocycles. The Labute approximate surface area is 51.2 Å². The summed E-state index contributed by atoms with van der Waals surface area (Å²) in [5, 5.41) is 2.15. The van der Waals surface area contributed by atoms with Crippen molar-refractivity contribution in [2.45, 2.75) is 12.8 Å². The molecule has 1 heterocycles. The molecule has 0 fully saturated rings. The average Bonchev–Trinajstić information content (AvgIpc) is 1.69. The molecule has 40 valence electrons. The predicted octanol–water partition coefficient (Wildman–Crippen LogP) is 1.37. The highest BCUT2D eigenvalue weighted by Gasteiger charge is 1.93. The molecule has 1 atom stereocenters. The minimum atomic E-state index is 0.213. The van der Waals surface area contributed by atoms with E-state index in [1.54, 1.807) is 0 Å². The zero-order valence-electron chi connectivity index (χ0n) is 4.09. The van der Waals surface area contributed by atoms with Crippen molar-refractivity contribution in [2.75, 3.05) is 5.75 Å². The first-order valence-electron chi connectivity index (χ1n) is 2.43. The third-order valence-corrected chi connectivity index (χ3v) is 2.98. The highest BCUT2D eigenvalue weighted by molar-refractivity contribution is 8.30. The molecule has 1 rings (SSSR count). The smallest absolute Gasteiger partial charge is 0.00210 e. The van der Waals surface area contributed by atoms with E-state index in [1.807, 2.05) is 0 Å². The van der Waals surface area contributed by atoms with Crippen LogP contribution in [0.3, 0.4) is 0 Å². The molecule has 0 N–H and O–H groups in total. The Hall–Kier alpha value is 0.310. The van der Waals surface area contributed by atoms with Crippen molar-refractivity contribution < 1.29 is 0 Å². The summed E-state index contributed by atoms with van der Waals surface area (Å²) in [6.45, 7) is 0. The van der Waals surface area contributed by atoms with E-state index in [-0.39, 0.29) is 9.45 Å². The first-order chi connectivity index (χ1) is 3.39. The van der Waals surface area contributed by atoms with E-state index in [4.69, 9.17) is 11.2 Å². The predicted molar refractivity (Wildman–Crippen MR) is 38.0 cm³/mol. The summed E-state index contributed by atoms with van der Waals surface area (Å²) in [6.07, 6.45) is 4.75. The highest BCUT2D eigenvalue weighted by atomic mass is 32.8. The van der Waals surface area contributed by atoms with E-state index >= 15 is 0 Å². The van der Waals surface area contributed by atoms with Crippen LogP contribution in [-0.4, -0.2) is 5.75 Å². The van der Waals surface area contributed by atoms with E-state index in [2.05, 4.69) is 11.5 Å². The molecule has 0 radical (unpaired) electrons. The third kappa shape index (κ3) is 1.70. The summed E-state index contributed by atoms with van der Waals surface area (Å²) in [7, 11) is 0.213. The fourth-order valence-electron chi connectivity index (χ4n) is 0.587. The molecule has 0 aliphatic carbocycles. The van der Waals surface area contributed by atoms with Crippen LogP contribution in [0.5, 0.6) is 0 Å². The Morgan fingerprint density at radius 3 is 2.71 bits per heavy atom. The zero-order valence-corrected chi connectivity index (χ0v) is 5.73. The third-order valence-electron chi connectivity index (χ3n) is 0.964. The molecule has 2 heteroatoms. The van der Waals surface area contributed by atoms with Crippen molar-refractivity contribution in [3.05, 3.63) is 11.5 Å². The second-order valence-corrected chi connectivity index (χ2v) is 4.33. The maximum atomic E-state index is 5.03. The molecule has 0 bridgehead atoms. The number of rotatable bonds is 0. The second-order valence-electron chi connectivity index (χ2n) is 1.60. The van der Waals surface area contributed by atoms with Gasteiger partial charge >= 0.3 is 0 Å². The molecule has 1 unspecified atom stereocenters. The van der Waals surface area contributed by atoms with Gasteiger partial charge in [-0.2, -0.15) is 0 Å². The van der Waals surface area contributed by atoms with Crippen LogP contribution in [0.15, 0.2) is 11.5 Å². The van der Waals surface area contributed by atoms with Crippen LogP contribution < -0.4 is 0 Å². The van der Waals surface area contributed by atoms with Crippen molar-refractivity contribution in [1.29, 1.82) is 0 Å². The maximum absolute atomic E-state index is 5.03. The van der Waals surface area contributed by atoms with Crippen LogP contribution in [-0.2, 0) is 20.6 Å². The summed E-state index contributed by atoms with van der Waals surface area (Å²) in [6, 6.07) is 0. The van der Waals surface area contributed by atoms with Gasteiger partial charge in [-0.1, -0.05) is 15.5 Å². The molecule has 0 nitrogen and oxygen atoms in total. The Morgan fingerprint density at radius 2 is 2.43 bits per heavy atom. The van der Waals surface area contributed by atoms with E-state index < -0.39 is 0 Å². The van der Waals surface area contributed by atoms with Gasteiger partial charge < -0.3 is 0 Å². The van der Waals surface area contributed by atoms with Crippen molar-refractivity contribution in [3.8, 4) is 0 Å². The van der Waals surface area contributed by atoms with Crippen molar-refractivity contribution in [1.82, 2.24) is 0 Å². The van der Waals surface area contributed by atoms with Crippen LogP contribution in [0.2, 0.25) is 0 Å². The fraction of sp³-hybridized carbons (Fsp3) is 0.600. The summed E-state index contributed by atoms with van der Waals surface area (Å²) in [5.41, 5.74) is 0. The Bertz CT molecular complexity index is 105. The summed E-state index contributed by atoms with van der Waals surface area (Å²) in [4.78, 5) is 0. The zero-order chi connectivity index (χ0) is 5.11.